The van der Waals surface area contributed by atoms with Crippen molar-refractivity contribution in [3.63, 3.8) is 0 Å². The van der Waals surface area contributed by atoms with Crippen molar-refractivity contribution in [3.05, 3.63) is 71.2 Å². The minimum atomic E-state index is -3.53. The third kappa shape index (κ3) is 6.70. The maximum atomic E-state index is 13.1. The van der Waals surface area contributed by atoms with Crippen LogP contribution in [0.5, 0.6) is 5.75 Å². The number of sulfone groups is 1. The topological polar surface area (TPSA) is 90.9 Å². The van der Waals surface area contributed by atoms with Crippen LogP contribution in [0.25, 0.3) is 5.03 Å². The van der Waals surface area contributed by atoms with E-state index in [9.17, 15) is 8.42 Å². The number of allylic oxidation sites excluding steroid dienone is 1. The van der Waals surface area contributed by atoms with E-state index in [0.717, 1.165) is 56.3 Å². The fourth-order valence-corrected chi connectivity index (χ4v) is 8.01. The number of methoxy groups -OCH3 is 1. The molecule has 1 N–H and O–H groups in total. The number of fused-ring (bicyclic) bond motifs is 1. The predicted octanol–water partition coefficient (Wildman–Crippen LogP) is 5.35. The minimum Gasteiger partial charge on any atom is -0.496 e. The normalized spacial score (nSPS) is 18.3. The van der Waals surface area contributed by atoms with Crippen LogP contribution >= 0.6 is 11.6 Å². The number of ether oxygens (including phenoxy) is 1. The summed E-state index contributed by atoms with van der Waals surface area (Å²) in [6, 6.07) is 14.0. The van der Waals surface area contributed by atoms with Crippen LogP contribution in [-0.4, -0.2) is 92.9 Å². The van der Waals surface area contributed by atoms with E-state index in [-0.39, 0.29) is 4.90 Å². The standard InChI is InChI=1S/C34H43ClN6O3S/c1-23(2)45(42,43)31-8-6-5-7-28(31)37-34-33-27(35)11-12-29(33)36-32(38-34)21-24-9-10-26(22-30(24)44-4)40-15-13-25(14-16-40)41-19-17-39(3)18-20-41/h5-11,22-23,25H,12-21H2,1-4H3,(H,36,37,38). The molecule has 9 nitrogen and oxygen atoms in total. The highest BCUT2D eigenvalue weighted by molar-refractivity contribution is 7.92. The molecule has 0 atom stereocenters. The summed E-state index contributed by atoms with van der Waals surface area (Å²) in [6.45, 7) is 10.1. The number of benzene rings is 2. The van der Waals surface area contributed by atoms with Crippen LogP contribution in [0, 0.1) is 0 Å². The van der Waals surface area contributed by atoms with Gasteiger partial charge in [0.15, 0.2) is 9.84 Å². The molecule has 0 amide bonds. The average Bonchev–Trinajstić information content (AvgIpc) is 3.42. The second-order valence-electron chi connectivity index (χ2n) is 12.5. The SMILES string of the molecule is COc1cc(N2CCC(N3CCN(C)CC3)CC2)ccc1Cc1nc2c(c(Nc3ccccc3S(=O)(=O)C(C)C)n1)C(Cl)=CC2. The quantitative estimate of drug-likeness (QED) is 0.329. The van der Waals surface area contributed by atoms with Crippen molar-refractivity contribution in [2.75, 3.05) is 63.6 Å². The van der Waals surface area contributed by atoms with E-state index in [1.165, 1.54) is 18.5 Å². The lowest BCUT2D eigenvalue weighted by Gasteiger charge is -2.42. The molecule has 6 rings (SSSR count). The van der Waals surface area contributed by atoms with E-state index in [0.29, 0.717) is 46.8 Å². The predicted molar refractivity (Wildman–Crippen MR) is 182 cm³/mol. The van der Waals surface area contributed by atoms with Crippen LogP contribution in [-0.2, 0) is 22.7 Å². The van der Waals surface area contributed by atoms with E-state index in [1.54, 1.807) is 39.2 Å². The van der Waals surface area contributed by atoms with Gasteiger partial charge < -0.3 is 19.9 Å². The summed E-state index contributed by atoms with van der Waals surface area (Å²) in [4.78, 5) is 17.5. The van der Waals surface area contributed by atoms with Crippen molar-refractivity contribution in [1.29, 1.82) is 0 Å². The maximum absolute atomic E-state index is 13.1. The third-order valence-electron chi connectivity index (χ3n) is 9.31. The van der Waals surface area contributed by atoms with E-state index >= 15 is 0 Å². The zero-order valence-corrected chi connectivity index (χ0v) is 28.2. The van der Waals surface area contributed by atoms with E-state index in [2.05, 4.69) is 45.3 Å². The highest BCUT2D eigenvalue weighted by Gasteiger charge is 2.28. The van der Waals surface area contributed by atoms with Gasteiger partial charge in [-0.05, 0) is 51.9 Å². The summed E-state index contributed by atoms with van der Waals surface area (Å²) < 4.78 is 32.1. The number of nitrogens with one attached hydrogen (secondary N) is 1. The first-order valence-electron chi connectivity index (χ1n) is 15.8. The van der Waals surface area contributed by atoms with Crippen LogP contribution in [0.15, 0.2) is 53.4 Å². The molecule has 2 fully saturated rings. The monoisotopic (exact) mass is 650 g/mol. The van der Waals surface area contributed by atoms with Crippen molar-refractivity contribution < 1.29 is 13.2 Å². The van der Waals surface area contributed by atoms with Gasteiger partial charge in [-0.3, -0.25) is 4.90 Å². The van der Waals surface area contributed by atoms with Crippen LogP contribution in [0.2, 0.25) is 0 Å². The number of para-hydroxylation sites is 1. The summed E-state index contributed by atoms with van der Waals surface area (Å²) in [5.41, 5.74) is 4.14. The van der Waals surface area contributed by atoms with E-state index in [1.807, 2.05) is 12.1 Å². The van der Waals surface area contributed by atoms with Gasteiger partial charge in [0.1, 0.15) is 17.4 Å². The maximum Gasteiger partial charge on any atom is 0.182 e. The highest BCUT2D eigenvalue weighted by atomic mass is 35.5. The van der Waals surface area contributed by atoms with Gasteiger partial charge in [-0.15, -0.1) is 0 Å². The molecule has 1 aliphatic carbocycles. The van der Waals surface area contributed by atoms with Gasteiger partial charge in [-0.1, -0.05) is 35.9 Å². The summed E-state index contributed by atoms with van der Waals surface area (Å²) >= 11 is 6.60. The van der Waals surface area contributed by atoms with Gasteiger partial charge in [-0.25, -0.2) is 18.4 Å². The van der Waals surface area contributed by atoms with Crippen LogP contribution in [0.4, 0.5) is 17.2 Å². The van der Waals surface area contributed by atoms with E-state index < -0.39 is 15.1 Å². The number of piperidine rings is 1. The first-order valence-corrected chi connectivity index (χ1v) is 17.8. The Bertz CT molecular complexity index is 1680. The molecule has 3 aromatic rings. The molecule has 2 aromatic carbocycles. The van der Waals surface area contributed by atoms with Crippen molar-refractivity contribution in [3.8, 4) is 5.75 Å². The number of hydrogen-bond acceptors (Lipinski definition) is 9. The Kier molecular flexibility index (Phi) is 9.38. The van der Waals surface area contributed by atoms with Crippen molar-refractivity contribution in [2.45, 2.75) is 55.7 Å². The number of hydrogen-bond donors (Lipinski definition) is 1. The number of likely N-dealkylation sites (N-methyl/N-ethyl adjacent to an activating group) is 1. The molecule has 0 radical (unpaired) electrons. The molecule has 0 saturated carbocycles. The molecule has 0 bridgehead atoms. The van der Waals surface area contributed by atoms with Crippen LogP contribution in [0.3, 0.4) is 0 Å². The van der Waals surface area contributed by atoms with Crippen molar-refractivity contribution in [2.24, 2.45) is 0 Å². The lowest BCUT2D eigenvalue weighted by Crippen LogP contribution is -2.52. The number of halogens is 1. The summed E-state index contributed by atoms with van der Waals surface area (Å²) in [5, 5.41) is 3.30. The smallest absolute Gasteiger partial charge is 0.182 e. The average molecular weight is 651 g/mol. The first kappa shape index (κ1) is 31.8. The Hall–Kier alpha value is -3.18. The van der Waals surface area contributed by atoms with Crippen LogP contribution < -0.4 is 15.0 Å². The molecule has 0 unspecified atom stereocenters. The van der Waals surface area contributed by atoms with Gasteiger partial charge in [0.25, 0.3) is 0 Å². The Morgan fingerprint density at radius 1 is 1.02 bits per heavy atom. The second kappa shape index (κ2) is 13.3. The molecule has 3 heterocycles. The Balaban J connectivity index is 1.22. The molecule has 240 valence electrons. The van der Waals surface area contributed by atoms with Gasteiger partial charge in [0.05, 0.1) is 34.2 Å². The van der Waals surface area contributed by atoms with Gasteiger partial charge in [0, 0.05) is 80.5 Å². The Morgan fingerprint density at radius 3 is 2.47 bits per heavy atom. The van der Waals surface area contributed by atoms with Crippen LogP contribution in [0.1, 0.15) is 49.3 Å². The Morgan fingerprint density at radius 2 is 1.76 bits per heavy atom. The molecule has 2 saturated heterocycles. The van der Waals surface area contributed by atoms with Gasteiger partial charge in [0.2, 0.25) is 0 Å². The molecular formula is C34H43ClN6O3S. The highest BCUT2D eigenvalue weighted by Crippen LogP contribution is 2.38. The number of nitrogens with zero attached hydrogens (tertiary/aromatic N) is 5. The summed E-state index contributed by atoms with van der Waals surface area (Å²) in [7, 11) is 0.384. The number of aromatic nitrogens is 2. The van der Waals surface area contributed by atoms with Gasteiger partial charge in [-0.2, -0.15) is 0 Å². The zero-order valence-electron chi connectivity index (χ0n) is 26.6. The molecule has 2 aliphatic heterocycles. The lowest BCUT2D eigenvalue weighted by molar-refractivity contribution is 0.0982. The largest absolute Gasteiger partial charge is 0.496 e. The minimum absolute atomic E-state index is 0.233. The number of anilines is 3. The second-order valence-corrected chi connectivity index (χ2v) is 15.4. The molecule has 1 aromatic heterocycles. The number of rotatable bonds is 9. The molecule has 45 heavy (non-hydrogen) atoms. The molecule has 11 heteroatoms. The summed E-state index contributed by atoms with van der Waals surface area (Å²) in [6.07, 6.45) is 5.30. The van der Waals surface area contributed by atoms with Crippen molar-refractivity contribution >= 4 is 43.7 Å². The molecule has 3 aliphatic rings. The first-order chi connectivity index (χ1) is 21.6. The van der Waals surface area contributed by atoms with Gasteiger partial charge >= 0.3 is 0 Å². The fourth-order valence-electron chi connectivity index (χ4n) is 6.54. The zero-order chi connectivity index (χ0) is 31.7. The van der Waals surface area contributed by atoms with E-state index in [4.69, 9.17) is 26.3 Å². The fraction of sp³-hybridized carbons (Fsp3) is 0.471. The Labute approximate surface area is 272 Å². The number of piperazine rings is 1. The van der Waals surface area contributed by atoms with Crippen molar-refractivity contribution in [1.82, 2.24) is 19.8 Å². The lowest BCUT2D eigenvalue weighted by atomic mass is 10.0. The molecular weight excluding hydrogens is 608 g/mol. The third-order valence-corrected chi connectivity index (χ3v) is 11.9. The molecule has 0 spiro atoms. The summed E-state index contributed by atoms with van der Waals surface area (Å²) in [5.74, 6) is 1.91.